The molecule has 2 aromatic rings. The Labute approximate surface area is 212 Å². The van der Waals surface area contributed by atoms with Crippen LogP contribution >= 0.6 is 0 Å². The van der Waals surface area contributed by atoms with Crippen LogP contribution in [-0.2, 0) is 29.6 Å². The molecule has 0 saturated carbocycles. The summed E-state index contributed by atoms with van der Waals surface area (Å²) in [7, 11) is -7.34. The molecule has 0 spiro atoms. The fourth-order valence-electron chi connectivity index (χ4n) is 3.51. The Hall–Kier alpha value is -2.87. The van der Waals surface area contributed by atoms with Crippen LogP contribution in [0.2, 0.25) is 0 Å². The van der Waals surface area contributed by atoms with Crippen molar-refractivity contribution in [3.05, 3.63) is 48.5 Å². The quantitative estimate of drug-likeness (QED) is 0.395. The number of amides is 1. The summed E-state index contributed by atoms with van der Waals surface area (Å²) in [4.78, 5) is 12.6. The Kier molecular flexibility index (Phi) is 9.54. The standard InChI is InChI=1S/C23H31N3O8S2/c1-3-33-22-7-5-4-6-21(22)26(35(2,28)29)18-23(27)24-12-15-34-19-8-10-20(11-9-19)36(30,31)25-13-16-32-17-14-25/h4-11H,3,12-18H2,1-2H3,(H,24,27). The van der Waals surface area contributed by atoms with Crippen molar-refractivity contribution in [3.8, 4) is 11.5 Å². The normalized spacial score (nSPS) is 14.7. The molecule has 1 fully saturated rings. The largest absolute Gasteiger partial charge is 0.492 e. The molecule has 1 N–H and O–H groups in total. The molecule has 11 nitrogen and oxygen atoms in total. The van der Waals surface area contributed by atoms with Gasteiger partial charge in [-0.3, -0.25) is 9.10 Å². The first-order valence-electron chi connectivity index (χ1n) is 11.4. The van der Waals surface area contributed by atoms with E-state index in [0.717, 1.165) is 10.6 Å². The Bertz CT molecular complexity index is 1230. The lowest BCUT2D eigenvalue weighted by atomic mass is 10.3. The minimum absolute atomic E-state index is 0.107. The zero-order valence-corrected chi connectivity index (χ0v) is 21.9. The number of benzene rings is 2. The van der Waals surface area contributed by atoms with Gasteiger partial charge >= 0.3 is 0 Å². The molecule has 13 heteroatoms. The summed E-state index contributed by atoms with van der Waals surface area (Å²) in [5, 5.41) is 2.63. The zero-order valence-electron chi connectivity index (χ0n) is 20.3. The Balaban J connectivity index is 1.52. The molecule has 1 heterocycles. The van der Waals surface area contributed by atoms with Gasteiger partial charge in [0, 0.05) is 13.1 Å². The minimum atomic E-state index is -3.75. The highest BCUT2D eigenvalue weighted by Crippen LogP contribution is 2.29. The van der Waals surface area contributed by atoms with Crippen LogP contribution in [0.3, 0.4) is 0 Å². The first kappa shape index (κ1) is 27.7. The van der Waals surface area contributed by atoms with Crippen molar-refractivity contribution >= 4 is 31.6 Å². The number of para-hydroxylation sites is 2. The number of nitrogens with zero attached hydrogens (tertiary/aromatic N) is 2. The first-order chi connectivity index (χ1) is 17.1. The fourth-order valence-corrected chi connectivity index (χ4v) is 5.78. The number of rotatable bonds is 12. The number of hydrogen-bond acceptors (Lipinski definition) is 8. The summed E-state index contributed by atoms with van der Waals surface area (Å²) in [5.74, 6) is 0.288. The molecule has 2 aromatic carbocycles. The number of nitrogens with one attached hydrogen (secondary N) is 1. The lowest BCUT2D eigenvalue weighted by Crippen LogP contribution is -2.41. The summed E-state index contributed by atoms with van der Waals surface area (Å²) in [6, 6.07) is 12.6. The summed E-state index contributed by atoms with van der Waals surface area (Å²) >= 11 is 0. The molecule has 0 bridgehead atoms. The highest BCUT2D eigenvalue weighted by molar-refractivity contribution is 7.92. The van der Waals surface area contributed by atoms with E-state index in [1.54, 1.807) is 43.3 Å². The molecule has 1 aliphatic heterocycles. The van der Waals surface area contributed by atoms with Crippen molar-refractivity contribution in [2.75, 3.05) is 63.2 Å². The van der Waals surface area contributed by atoms with Crippen molar-refractivity contribution in [2.24, 2.45) is 0 Å². The average Bonchev–Trinajstić information content (AvgIpc) is 2.86. The van der Waals surface area contributed by atoms with Crippen molar-refractivity contribution in [2.45, 2.75) is 11.8 Å². The molecule has 3 rings (SSSR count). The van der Waals surface area contributed by atoms with Crippen LogP contribution in [-0.4, -0.2) is 85.9 Å². The maximum Gasteiger partial charge on any atom is 0.243 e. The third kappa shape index (κ3) is 7.32. The van der Waals surface area contributed by atoms with Crippen molar-refractivity contribution in [1.29, 1.82) is 0 Å². The van der Waals surface area contributed by atoms with Gasteiger partial charge in [0.15, 0.2) is 0 Å². The highest BCUT2D eigenvalue weighted by atomic mass is 32.2. The van der Waals surface area contributed by atoms with Gasteiger partial charge in [0.05, 0.1) is 43.2 Å². The van der Waals surface area contributed by atoms with Gasteiger partial charge in [-0.15, -0.1) is 0 Å². The van der Waals surface area contributed by atoms with Crippen LogP contribution in [0.5, 0.6) is 11.5 Å². The van der Waals surface area contributed by atoms with Gasteiger partial charge in [-0.2, -0.15) is 4.31 Å². The van der Waals surface area contributed by atoms with E-state index in [-0.39, 0.29) is 23.7 Å². The van der Waals surface area contributed by atoms with Gasteiger partial charge in [0.2, 0.25) is 26.0 Å². The third-order valence-corrected chi connectivity index (χ3v) is 8.29. The van der Waals surface area contributed by atoms with Crippen molar-refractivity contribution in [1.82, 2.24) is 9.62 Å². The van der Waals surface area contributed by atoms with Crippen LogP contribution in [0.4, 0.5) is 5.69 Å². The third-order valence-electron chi connectivity index (χ3n) is 5.25. The van der Waals surface area contributed by atoms with Gasteiger partial charge in [-0.25, -0.2) is 16.8 Å². The van der Waals surface area contributed by atoms with Crippen LogP contribution in [0.15, 0.2) is 53.4 Å². The van der Waals surface area contributed by atoms with E-state index >= 15 is 0 Å². The molecule has 0 aromatic heterocycles. The molecular formula is C23H31N3O8S2. The van der Waals surface area contributed by atoms with Gasteiger partial charge in [-0.1, -0.05) is 12.1 Å². The Morgan fingerprint density at radius 3 is 2.33 bits per heavy atom. The molecule has 1 aliphatic rings. The number of ether oxygens (including phenoxy) is 3. The molecule has 198 valence electrons. The smallest absolute Gasteiger partial charge is 0.243 e. The lowest BCUT2D eigenvalue weighted by molar-refractivity contribution is -0.119. The fraction of sp³-hybridized carbons (Fsp3) is 0.435. The second kappa shape index (κ2) is 12.4. The molecule has 0 aliphatic carbocycles. The molecule has 0 unspecified atom stereocenters. The minimum Gasteiger partial charge on any atom is -0.492 e. The molecule has 0 radical (unpaired) electrons. The van der Waals surface area contributed by atoms with Crippen LogP contribution in [0, 0.1) is 0 Å². The second-order valence-electron chi connectivity index (χ2n) is 7.86. The number of morpholine rings is 1. The van der Waals surface area contributed by atoms with Crippen molar-refractivity contribution < 1.29 is 35.8 Å². The summed E-state index contributed by atoms with van der Waals surface area (Å²) in [6.07, 6.45) is 1.02. The van der Waals surface area contributed by atoms with E-state index in [1.165, 1.54) is 16.4 Å². The van der Waals surface area contributed by atoms with E-state index in [9.17, 15) is 21.6 Å². The molecule has 0 atom stereocenters. The monoisotopic (exact) mass is 541 g/mol. The van der Waals surface area contributed by atoms with Crippen LogP contribution < -0.4 is 19.1 Å². The Morgan fingerprint density at radius 1 is 1.03 bits per heavy atom. The number of hydrogen-bond donors (Lipinski definition) is 1. The lowest BCUT2D eigenvalue weighted by Gasteiger charge is -2.26. The predicted molar refractivity (Wildman–Crippen MR) is 134 cm³/mol. The van der Waals surface area contributed by atoms with Gasteiger partial charge < -0.3 is 19.5 Å². The topological polar surface area (TPSA) is 132 Å². The number of carbonyl (C=O) groups excluding carboxylic acids is 1. The number of sulfonamides is 2. The summed E-state index contributed by atoms with van der Waals surface area (Å²) in [6.45, 7) is 3.30. The van der Waals surface area contributed by atoms with Crippen molar-refractivity contribution in [3.63, 3.8) is 0 Å². The predicted octanol–water partition coefficient (Wildman–Crippen LogP) is 1.07. The summed E-state index contributed by atoms with van der Waals surface area (Å²) < 4.78 is 68.7. The van der Waals surface area contributed by atoms with Gasteiger partial charge in [0.1, 0.15) is 24.7 Å². The van der Waals surface area contributed by atoms with E-state index in [0.29, 0.717) is 44.4 Å². The van der Waals surface area contributed by atoms with E-state index < -0.39 is 32.5 Å². The zero-order chi connectivity index (χ0) is 26.2. The maximum absolute atomic E-state index is 12.7. The second-order valence-corrected chi connectivity index (χ2v) is 11.7. The van der Waals surface area contributed by atoms with E-state index in [1.807, 2.05) is 0 Å². The summed E-state index contributed by atoms with van der Waals surface area (Å²) in [5.41, 5.74) is 0.278. The molecular weight excluding hydrogens is 510 g/mol. The first-order valence-corrected chi connectivity index (χ1v) is 14.7. The van der Waals surface area contributed by atoms with Crippen LogP contribution in [0.1, 0.15) is 6.92 Å². The maximum atomic E-state index is 12.7. The highest BCUT2D eigenvalue weighted by Gasteiger charge is 2.26. The molecule has 1 amide bonds. The Morgan fingerprint density at radius 2 is 1.69 bits per heavy atom. The van der Waals surface area contributed by atoms with Gasteiger partial charge in [0.25, 0.3) is 0 Å². The van der Waals surface area contributed by atoms with Crippen LogP contribution in [0.25, 0.3) is 0 Å². The van der Waals surface area contributed by atoms with E-state index in [4.69, 9.17) is 14.2 Å². The number of anilines is 1. The molecule has 1 saturated heterocycles. The average molecular weight is 542 g/mol. The number of carbonyl (C=O) groups is 1. The SMILES string of the molecule is CCOc1ccccc1N(CC(=O)NCCOc1ccc(S(=O)(=O)N2CCOCC2)cc1)S(C)(=O)=O. The molecule has 36 heavy (non-hydrogen) atoms. The van der Waals surface area contributed by atoms with E-state index in [2.05, 4.69) is 5.32 Å². The van der Waals surface area contributed by atoms with Gasteiger partial charge in [-0.05, 0) is 43.3 Å².